The Bertz CT molecular complexity index is 694. The SMILES string of the molecule is C[C@@H](c1nnc(Cc2cccs2)o1)N(C)Cc1ccccc1. The minimum atomic E-state index is 0.0878. The Kier molecular flexibility index (Phi) is 4.65. The molecule has 2 aromatic heterocycles. The summed E-state index contributed by atoms with van der Waals surface area (Å²) in [6, 6.07) is 14.6. The largest absolute Gasteiger partial charge is 0.423 e. The highest BCUT2D eigenvalue weighted by atomic mass is 32.1. The Morgan fingerprint density at radius 3 is 2.68 bits per heavy atom. The van der Waals surface area contributed by atoms with Crippen LogP contribution in [0.2, 0.25) is 0 Å². The van der Waals surface area contributed by atoms with Crippen LogP contribution in [0.3, 0.4) is 0 Å². The molecule has 5 heteroatoms. The molecule has 0 fully saturated rings. The predicted octanol–water partition coefficient (Wildman–Crippen LogP) is 3.91. The second-order valence-electron chi connectivity index (χ2n) is 5.37. The van der Waals surface area contributed by atoms with Gasteiger partial charge in [-0.3, -0.25) is 4.90 Å². The molecule has 0 radical (unpaired) electrons. The molecule has 0 saturated heterocycles. The van der Waals surface area contributed by atoms with Crippen molar-refractivity contribution >= 4 is 11.3 Å². The molecule has 0 saturated carbocycles. The van der Waals surface area contributed by atoms with Crippen LogP contribution in [0.5, 0.6) is 0 Å². The molecule has 114 valence electrons. The van der Waals surface area contributed by atoms with Gasteiger partial charge in [-0.05, 0) is 31.0 Å². The maximum Gasteiger partial charge on any atom is 0.233 e. The molecule has 0 spiro atoms. The van der Waals surface area contributed by atoms with E-state index >= 15 is 0 Å². The summed E-state index contributed by atoms with van der Waals surface area (Å²) in [6.45, 7) is 2.94. The monoisotopic (exact) mass is 313 g/mol. The fourth-order valence-corrected chi connectivity index (χ4v) is 2.96. The molecule has 0 amide bonds. The van der Waals surface area contributed by atoms with Gasteiger partial charge in [0.2, 0.25) is 11.8 Å². The minimum Gasteiger partial charge on any atom is -0.423 e. The molecule has 0 unspecified atom stereocenters. The van der Waals surface area contributed by atoms with E-state index in [1.165, 1.54) is 10.4 Å². The number of hydrogen-bond acceptors (Lipinski definition) is 5. The molecule has 1 atom stereocenters. The van der Waals surface area contributed by atoms with E-state index in [1.54, 1.807) is 11.3 Å². The smallest absolute Gasteiger partial charge is 0.233 e. The third-order valence-corrected chi connectivity index (χ3v) is 4.56. The first-order valence-electron chi connectivity index (χ1n) is 7.31. The highest BCUT2D eigenvalue weighted by Crippen LogP contribution is 2.21. The zero-order valence-corrected chi connectivity index (χ0v) is 13.6. The van der Waals surface area contributed by atoms with Gasteiger partial charge in [0.1, 0.15) is 0 Å². The molecule has 0 aliphatic carbocycles. The summed E-state index contributed by atoms with van der Waals surface area (Å²) in [5.74, 6) is 1.35. The molecule has 0 bridgehead atoms. The summed E-state index contributed by atoms with van der Waals surface area (Å²) in [6.07, 6.45) is 0.708. The van der Waals surface area contributed by atoms with E-state index in [-0.39, 0.29) is 6.04 Å². The van der Waals surface area contributed by atoms with Gasteiger partial charge in [0.15, 0.2) is 0 Å². The number of benzene rings is 1. The fraction of sp³-hybridized carbons (Fsp3) is 0.294. The van der Waals surface area contributed by atoms with E-state index < -0.39 is 0 Å². The van der Waals surface area contributed by atoms with Gasteiger partial charge in [0.25, 0.3) is 0 Å². The van der Waals surface area contributed by atoms with E-state index in [1.807, 2.05) is 12.1 Å². The second kappa shape index (κ2) is 6.85. The van der Waals surface area contributed by atoms with Gasteiger partial charge >= 0.3 is 0 Å². The van der Waals surface area contributed by atoms with Crippen molar-refractivity contribution in [2.75, 3.05) is 7.05 Å². The molecule has 3 aromatic rings. The average molecular weight is 313 g/mol. The maximum absolute atomic E-state index is 5.82. The first-order valence-corrected chi connectivity index (χ1v) is 8.19. The highest BCUT2D eigenvalue weighted by molar-refractivity contribution is 7.09. The lowest BCUT2D eigenvalue weighted by molar-refractivity contribution is 0.214. The molecule has 0 N–H and O–H groups in total. The first kappa shape index (κ1) is 14.9. The van der Waals surface area contributed by atoms with Crippen LogP contribution in [-0.4, -0.2) is 22.1 Å². The van der Waals surface area contributed by atoms with E-state index in [2.05, 4.69) is 64.8 Å². The van der Waals surface area contributed by atoms with E-state index in [9.17, 15) is 0 Å². The van der Waals surface area contributed by atoms with E-state index in [4.69, 9.17) is 4.42 Å². The summed E-state index contributed by atoms with van der Waals surface area (Å²) in [5.41, 5.74) is 1.27. The first-order chi connectivity index (χ1) is 10.7. The fourth-order valence-electron chi connectivity index (χ4n) is 2.27. The van der Waals surface area contributed by atoms with Crippen molar-refractivity contribution < 1.29 is 4.42 Å². The van der Waals surface area contributed by atoms with Crippen molar-refractivity contribution in [2.45, 2.75) is 25.9 Å². The Morgan fingerprint density at radius 1 is 1.14 bits per heavy atom. The van der Waals surface area contributed by atoms with Crippen LogP contribution in [0, 0.1) is 0 Å². The van der Waals surface area contributed by atoms with Gasteiger partial charge in [-0.2, -0.15) is 0 Å². The number of rotatable bonds is 6. The maximum atomic E-state index is 5.82. The van der Waals surface area contributed by atoms with E-state index in [0.717, 1.165) is 6.54 Å². The Balaban J connectivity index is 1.64. The highest BCUT2D eigenvalue weighted by Gasteiger charge is 2.18. The van der Waals surface area contributed by atoms with Crippen LogP contribution in [0.25, 0.3) is 0 Å². The third-order valence-electron chi connectivity index (χ3n) is 3.68. The topological polar surface area (TPSA) is 42.2 Å². The number of nitrogens with zero attached hydrogens (tertiary/aromatic N) is 3. The minimum absolute atomic E-state index is 0.0878. The summed E-state index contributed by atoms with van der Waals surface area (Å²) in [7, 11) is 2.07. The summed E-state index contributed by atoms with van der Waals surface area (Å²) in [4.78, 5) is 3.44. The Morgan fingerprint density at radius 2 is 1.95 bits per heavy atom. The second-order valence-corrected chi connectivity index (χ2v) is 6.40. The van der Waals surface area contributed by atoms with Gasteiger partial charge in [-0.25, -0.2) is 0 Å². The van der Waals surface area contributed by atoms with Crippen LogP contribution in [0.15, 0.2) is 52.3 Å². The lowest BCUT2D eigenvalue weighted by atomic mass is 10.2. The zero-order chi connectivity index (χ0) is 15.4. The summed E-state index contributed by atoms with van der Waals surface area (Å²) < 4.78 is 5.82. The van der Waals surface area contributed by atoms with Gasteiger partial charge in [0.05, 0.1) is 12.5 Å². The predicted molar refractivity (Wildman–Crippen MR) is 87.7 cm³/mol. The van der Waals surface area contributed by atoms with Crippen molar-refractivity contribution in [3.8, 4) is 0 Å². The van der Waals surface area contributed by atoms with Gasteiger partial charge in [-0.15, -0.1) is 21.5 Å². The molecular weight excluding hydrogens is 294 g/mol. The number of hydrogen-bond donors (Lipinski definition) is 0. The number of aromatic nitrogens is 2. The van der Waals surface area contributed by atoms with Crippen molar-refractivity contribution in [2.24, 2.45) is 0 Å². The van der Waals surface area contributed by atoms with E-state index in [0.29, 0.717) is 18.2 Å². The molecule has 22 heavy (non-hydrogen) atoms. The molecular formula is C17H19N3OS. The van der Waals surface area contributed by atoms with Crippen LogP contribution in [0.1, 0.15) is 35.2 Å². The molecule has 1 aromatic carbocycles. The molecule has 3 rings (SSSR count). The van der Waals surface area contributed by atoms with Crippen molar-refractivity contribution in [3.05, 3.63) is 70.1 Å². The van der Waals surface area contributed by atoms with Crippen LogP contribution in [0.4, 0.5) is 0 Å². The number of thiophene rings is 1. The van der Waals surface area contributed by atoms with Gasteiger partial charge in [0, 0.05) is 11.4 Å². The van der Waals surface area contributed by atoms with Crippen molar-refractivity contribution in [1.82, 2.24) is 15.1 Å². The normalized spacial score (nSPS) is 12.7. The average Bonchev–Trinajstić information content (AvgIpc) is 3.20. The van der Waals surface area contributed by atoms with Gasteiger partial charge in [-0.1, -0.05) is 36.4 Å². The lowest BCUT2D eigenvalue weighted by Gasteiger charge is -2.21. The quantitative estimate of drug-likeness (QED) is 0.692. The molecule has 2 heterocycles. The summed E-state index contributed by atoms with van der Waals surface area (Å²) in [5, 5.41) is 10.4. The Labute approximate surface area is 134 Å². The molecule has 4 nitrogen and oxygen atoms in total. The lowest BCUT2D eigenvalue weighted by Crippen LogP contribution is -2.22. The third kappa shape index (κ3) is 3.61. The summed E-state index contributed by atoms with van der Waals surface area (Å²) >= 11 is 1.71. The van der Waals surface area contributed by atoms with Crippen LogP contribution >= 0.6 is 11.3 Å². The van der Waals surface area contributed by atoms with Crippen molar-refractivity contribution in [3.63, 3.8) is 0 Å². The Hall–Kier alpha value is -1.98. The standard InChI is InChI=1S/C17H19N3OS/c1-13(20(2)12-14-7-4-3-5-8-14)17-19-18-16(21-17)11-15-9-6-10-22-15/h3-10,13H,11-12H2,1-2H3/t13-/m0/s1. The molecule has 0 aliphatic rings. The zero-order valence-electron chi connectivity index (χ0n) is 12.8. The van der Waals surface area contributed by atoms with Crippen LogP contribution in [-0.2, 0) is 13.0 Å². The van der Waals surface area contributed by atoms with Gasteiger partial charge < -0.3 is 4.42 Å². The van der Waals surface area contributed by atoms with Crippen molar-refractivity contribution in [1.29, 1.82) is 0 Å². The molecule has 0 aliphatic heterocycles. The van der Waals surface area contributed by atoms with Crippen LogP contribution < -0.4 is 0 Å².